The molecule has 1 unspecified atom stereocenters. The first-order valence-corrected chi connectivity index (χ1v) is 10.5. The van der Waals surface area contributed by atoms with E-state index in [1.54, 1.807) is 0 Å². The van der Waals surface area contributed by atoms with Crippen molar-refractivity contribution in [3.05, 3.63) is 88.0 Å². The van der Waals surface area contributed by atoms with Crippen LogP contribution in [0.2, 0.25) is 0 Å². The molecule has 1 amide bonds. The van der Waals surface area contributed by atoms with Crippen molar-refractivity contribution in [3.8, 4) is 16.9 Å². The molecule has 1 N–H and O–H groups in total. The van der Waals surface area contributed by atoms with Gasteiger partial charge < -0.3 is 14.6 Å². The van der Waals surface area contributed by atoms with Crippen molar-refractivity contribution in [3.63, 3.8) is 0 Å². The van der Waals surface area contributed by atoms with Crippen molar-refractivity contribution >= 4 is 23.4 Å². The average Bonchev–Trinajstić information content (AvgIpc) is 3.16. The Morgan fingerprint density at radius 3 is 2.18 bits per heavy atom. The van der Waals surface area contributed by atoms with E-state index < -0.39 is 28.7 Å². The summed E-state index contributed by atoms with van der Waals surface area (Å²) in [6.07, 6.45) is -1.01. The van der Waals surface area contributed by atoms with Gasteiger partial charge in [-0.1, -0.05) is 48.5 Å². The third-order valence-corrected chi connectivity index (χ3v) is 5.92. The highest BCUT2D eigenvalue weighted by molar-refractivity contribution is 5.97. The second-order valence-electron chi connectivity index (χ2n) is 7.80. The molecule has 0 saturated carbocycles. The number of anilines is 1. The molecule has 0 bridgehead atoms. The summed E-state index contributed by atoms with van der Waals surface area (Å²) in [5.74, 6) is -1.36. The van der Waals surface area contributed by atoms with Crippen LogP contribution in [0, 0.1) is 10.1 Å². The molecule has 0 spiro atoms. The molecule has 34 heavy (non-hydrogen) atoms. The van der Waals surface area contributed by atoms with Gasteiger partial charge >= 0.3 is 12.1 Å². The number of benzene rings is 3. The molecule has 0 radical (unpaired) electrons. The zero-order chi connectivity index (χ0) is 24.4. The van der Waals surface area contributed by atoms with Crippen molar-refractivity contribution in [2.45, 2.75) is 18.9 Å². The molecule has 9 nitrogen and oxygen atoms in total. The first-order valence-electron chi connectivity index (χ1n) is 10.5. The van der Waals surface area contributed by atoms with Gasteiger partial charge in [-0.05, 0) is 35.2 Å². The van der Waals surface area contributed by atoms with E-state index in [4.69, 9.17) is 9.47 Å². The number of fused-ring (bicyclic) bond motifs is 3. The molecular formula is C25H22N2O7. The van der Waals surface area contributed by atoms with Crippen LogP contribution in [0.5, 0.6) is 5.75 Å². The number of nitro groups is 1. The Hall–Kier alpha value is -4.40. The van der Waals surface area contributed by atoms with Crippen LogP contribution in [-0.2, 0) is 9.53 Å². The molecule has 1 aliphatic carbocycles. The van der Waals surface area contributed by atoms with E-state index in [0.29, 0.717) is 0 Å². The van der Waals surface area contributed by atoms with Crippen LogP contribution >= 0.6 is 0 Å². The number of methoxy groups -OCH3 is 1. The van der Waals surface area contributed by atoms with Gasteiger partial charge in [-0.25, -0.2) is 9.59 Å². The molecule has 0 saturated heterocycles. The highest BCUT2D eigenvalue weighted by Gasteiger charge is 2.35. The minimum Gasteiger partial charge on any atom is -0.497 e. The summed E-state index contributed by atoms with van der Waals surface area (Å²) in [5, 5.41) is 21.2. The lowest BCUT2D eigenvalue weighted by Gasteiger charge is -2.26. The van der Waals surface area contributed by atoms with Crippen molar-refractivity contribution in [2.24, 2.45) is 0 Å². The number of hydrogen-bond acceptors (Lipinski definition) is 6. The van der Waals surface area contributed by atoms with Crippen LogP contribution in [0.4, 0.5) is 16.2 Å². The smallest absolute Gasteiger partial charge is 0.415 e. The Labute approximate surface area is 195 Å². The number of aliphatic carboxylic acids is 1. The van der Waals surface area contributed by atoms with Crippen molar-refractivity contribution in [1.82, 2.24) is 0 Å². The topological polar surface area (TPSA) is 119 Å². The maximum absolute atomic E-state index is 13.2. The maximum atomic E-state index is 13.2. The number of carboxylic acid groups (broad SMARTS) is 1. The molecule has 4 rings (SSSR count). The summed E-state index contributed by atoms with van der Waals surface area (Å²) < 4.78 is 10.7. The molecule has 0 aliphatic heterocycles. The largest absolute Gasteiger partial charge is 0.497 e. The highest BCUT2D eigenvalue weighted by atomic mass is 16.6. The summed E-state index contributed by atoms with van der Waals surface area (Å²) in [5.41, 5.74) is 3.39. The lowest BCUT2D eigenvalue weighted by atomic mass is 9.98. The number of carbonyl (C=O) groups is 2. The summed E-state index contributed by atoms with van der Waals surface area (Å²) in [6.45, 7) is 1.19. The minimum absolute atomic E-state index is 0.0620. The first-order chi connectivity index (χ1) is 16.3. The molecule has 0 fully saturated rings. The monoisotopic (exact) mass is 462 g/mol. The number of carbonyl (C=O) groups excluding carboxylic acids is 1. The maximum Gasteiger partial charge on any atom is 0.415 e. The molecule has 1 aliphatic rings. The van der Waals surface area contributed by atoms with Crippen LogP contribution in [0.15, 0.2) is 66.7 Å². The summed E-state index contributed by atoms with van der Waals surface area (Å²) in [7, 11) is 1.36. The number of ether oxygens (including phenoxy) is 2. The van der Waals surface area contributed by atoms with Gasteiger partial charge in [-0.2, -0.15) is 0 Å². The zero-order valence-electron chi connectivity index (χ0n) is 18.5. The lowest BCUT2D eigenvalue weighted by Crippen LogP contribution is -2.44. The summed E-state index contributed by atoms with van der Waals surface area (Å²) >= 11 is 0. The molecule has 174 valence electrons. The van der Waals surface area contributed by atoms with Gasteiger partial charge in [0.2, 0.25) is 0 Å². The Kier molecular flexibility index (Phi) is 6.18. The molecule has 0 heterocycles. The van der Waals surface area contributed by atoms with Gasteiger partial charge in [-0.3, -0.25) is 15.0 Å². The Bertz CT molecular complexity index is 1230. The number of carboxylic acids is 1. The van der Waals surface area contributed by atoms with Gasteiger partial charge in [-0.15, -0.1) is 0 Å². The number of nitro benzene ring substituents is 1. The predicted octanol–water partition coefficient (Wildman–Crippen LogP) is 4.83. The van der Waals surface area contributed by atoms with Crippen LogP contribution in [0.3, 0.4) is 0 Å². The van der Waals surface area contributed by atoms with E-state index in [1.165, 1.54) is 26.2 Å². The van der Waals surface area contributed by atoms with Crippen LogP contribution in [-0.4, -0.2) is 41.9 Å². The SMILES string of the molecule is COc1ccc([N+](=O)[O-])c(N(C(=O)OCC2c3ccccc3-c3ccccc32)C(C)C(=O)O)c1. The zero-order valence-corrected chi connectivity index (χ0v) is 18.5. The van der Waals surface area contributed by atoms with E-state index in [0.717, 1.165) is 33.2 Å². The fraction of sp³-hybridized carbons (Fsp3) is 0.200. The van der Waals surface area contributed by atoms with Gasteiger partial charge in [0.15, 0.2) is 0 Å². The second-order valence-corrected chi connectivity index (χ2v) is 7.80. The molecule has 3 aromatic rings. The lowest BCUT2D eigenvalue weighted by molar-refractivity contribution is -0.384. The highest BCUT2D eigenvalue weighted by Crippen LogP contribution is 2.44. The van der Waals surface area contributed by atoms with Crippen molar-refractivity contribution in [2.75, 3.05) is 18.6 Å². The van der Waals surface area contributed by atoms with E-state index in [-0.39, 0.29) is 24.0 Å². The predicted molar refractivity (Wildman–Crippen MR) is 124 cm³/mol. The molecule has 3 aromatic carbocycles. The van der Waals surface area contributed by atoms with E-state index in [9.17, 15) is 24.8 Å². The fourth-order valence-electron chi connectivity index (χ4n) is 4.22. The minimum atomic E-state index is -1.43. The van der Waals surface area contributed by atoms with Crippen molar-refractivity contribution < 1.29 is 29.1 Å². The molecule has 0 aromatic heterocycles. The summed E-state index contributed by atoms with van der Waals surface area (Å²) in [4.78, 5) is 36.7. The summed E-state index contributed by atoms with van der Waals surface area (Å²) in [6, 6.07) is 17.9. The van der Waals surface area contributed by atoms with E-state index >= 15 is 0 Å². The van der Waals surface area contributed by atoms with Crippen LogP contribution < -0.4 is 9.64 Å². The Morgan fingerprint density at radius 1 is 1.06 bits per heavy atom. The van der Waals surface area contributed by atoms with Crippen molar-refractivity contribution in [1.29, 1.82) is 0 Å². The molecular weight excluding hydrogens is 440 g/mol. The van der Waals surface area contributed by atoms with Gasteiger partial charge in [0.1, 0.15) is 24.1 Å². The normalized spacial score (nSPS) is 12.9. The van der Waals surface area contributed by atoms with E-state index in [1.807, 2.05) is 48.5 Å². The van der Waals surface area contributed by atoms with Crippen LogP contribution in [0.1, 0.15) is 24.0 Å². The van der Waals surface area contributed by atoms with Crippen LogP contribution in [0.25, 0.3) is 11.1 Å². The third kappa shape index (κ3) is 4.03. The fourth-order valence-corrected chi connectivity index (χ4v) is 4.22. The number of amides is 1. The Morgan fingerprint density at radius 2 is 1.65 bits per heavy atom. The van der Waals surface area contributed by atoms with Gasteiger partial charge in [0.05, 0.1) is 12.0 Å². The average molecular weight is 462 g/mol. The third-order valence-electron chi connectivity index (χ3n) is 5.92. The van der Waals surface area contributed by atoms with Gasteiger partial charge in [0.25, 0.3) is 5.69 Å². The Balaban J connectivity index is 1.68. The number of rotatable bonds is 7. The number of nitrogens with zero attached hydrogens (tertiary/aromatic N) is 2. The quantitative estimate of drug-likeness (QED) is 0.394. The van der Waals surface area contributed by atoms with E-state index in [2.05, 4.69) is 0 Å². The molecule has 9 heteroatoms. The van der Waals surface area contributed by atoms with Gasteiger partial charge in [0, 0.05) is 18.1 Å². The number of hydrogen-bond donors (Lipinski definition) is 1. The second kappa shape index (κ2) is 9.22. The standard InChI is InChI=1S/C25H22N2O7/c1-15(24(28)29)26(23-13-16(33-2)11-12-22(23)27(31)32)25(30)34-14-21-19-9-5-3-7-17(19)18-8-4-6-10-20(18)21/h3-13,15,21H,14H2,1-2H3,(H,28,29). The molecule has 1 atom stereocenters. The first kappa shape index (κ1) is 22.8.